The van der Waals surface area contributed by atoms with E-state index in [0.29, 0.717) is 22.2 Å². The number of carbonyl (C=O) groups excluding carboxylic acids is 1. The summed E-state index contributed by atoms with van der Waals surface area (Å²) in [7, 11) is 0. The van der Waals surface area contributed by atoms with Gasteiger partial charge in [-0.25, -0.2) is 0 Å². The van der Waals surface area contributed by atoms with E-state index in [2.05, 4.69) is 5.32 Å². The van der Waals surface area contributed by atoms with Gasteiger partial charge >= 0.3 is 0 Å². The van der Waals surface area contributed by atoms with Crippen LogP contribution in [0, 0.1) is 0 Å². The molecule has 0 radical (unpaired) electrons. The van der Waals surface area contributed by atoms with Crippen molar-refractivity contribution in [2.24, 2.45) is 5.73 Å². The van der Waals surface area contributed by atoms with E-state index >= 15 is 0 Å². The Kier molecular flexibility index (Phi) is 3.61. The molecule has 92 valence electrons. The summed E-state index contributed by atoms with van der Waals surface area (Å²) < 4.78 is 0. The summed E-state index contributed by atoms with van der Waals surface area (Å²) in [6.07, 6.45) is 3.04. The zero-order valence-electron chi connectivity index (χ0n) is 9.30. The molecule has 3 nitrogen and oxygen atoms in total. The lowest BCUT2D eigenvalue weighted by Gasteiger charge is -2.38. The third-order valence-corrected chi connectivity index (χ3v) is 3.69. The summed E-state index contributed by atoms with van der Waals surface area (Å²) in [6, 6.07) is 4.82. The van der Waals surface area contributed by atoms with E-state index < -0.39 is 0 Å². The van der Waals surface area contributed by atoms with Crippen LogP contribution >= 0.6 is 23.2 Å². The maximum atomic E-state index is 11.9. The number of amides is 1. The summed E-state index contributed by atoms with van der Waals surface area (Å²) in [5.41, 5.74) is 6.18. The van der Waals surface area contributed by atoms with Gasteiger partial charge < -0.3 is 11.1 Å². The van der Waals surface area contributed by atoms with Gasteiger partial charge in [-0.15, -0.1) is 0 Å². The molecule has 1 aliphatic rings. The maximum absolute atomic E-state index is 11.9. The van der Waals surface area contributed by atoms with Gasteiger partial charge in [0.2, 0.25) is 0 Å². The van der Waals surface area contributed by atoms with Crippen molar-refractivity contribution >= 4 is 29.1 Å². The minimum absolute atomic E-state index is 0.228. The molecule has 0 unspecified atom stereocenters. The molecule has 0 spiro atoms. The van der Waals surface area contributed by atoms with E-state index in [4.69, 9.17) is 28.9 Å². The van der Waals surface area contributed by atoms with Crippen molar-refractivity contribution in [3.8, 4) is 0 Å². The van der Waals surface area contributed by atoms with Crippen LogP contribution in [-0.2, 0) is 0 Å². The van der Waals surface area contributed by atoms with Gasteiger partial charge in [0.05, 0.1) is 10.6 Å². The summed E-state index contributed by atoms with van der Waals surface area (Å²) in [5.74, 6) is -0.228. The average molecular weight is 273 g/mol. The van der Waals surface area contributed by atoms with E-state index in [9.17, 15) is 4.79 Å². The number of hydrogen-bond donors (Lipinski definition) is 2. The lowest BCUT2D eigenvalue weighted by Crippen LogP contribution is -2.54. The van der Waals surface area contributed by atoms with Gasteiger partial charge in [0.1, 0.15) is 0 Å². The molecule has 1 fully saturated rings. The highest BCUT2D eigenvalue weighted by Gasteiger charge is 2.32. The molecule has 1 aromatic carbocycles. The fourth-order valence-electron chi connectivity index (χ4n) is 1.83. The van der Waals surface area contributed by atoms with Gasteiger partial charge in [-0.2, -0.15) is 0 Å². The smallest absolute Gasteiger partial charge is 0.252 e. The molecular weight excluding hydrogens is 259 g/mol. The Morgan fingerprint density at radius 3 is 2.71 bits per heavy atom. The zero-order valence-corrected chi connectivity index (χ0v) is 10.8. The van der Waals surface area contributed by atoms with Crippen LogP contribution in [-0.4, -0.2) is 18.0 Å². The maximum Gasteiger partial charge on any atom is 0.252 e. The number of hydrogen-bond acceptors (Lipinski definition) is 2. The monoisotopic (exact) mass is 272 g/mol. The normalized spacial score (nSPS) is 17.4. The van der Waals surface area contributed by atoms with Crippen molar-refractivity contribution in [2.75, 3.05) is 6.54 Å². The Hall–Kier alpha value is -0.770. The Bertz CT molecular complexity index is 444. The van der Waals surface area contributed by atoms with Gasteiger partial charge in [0, 0.05) is 17.1 Å². The quantitative estimate of drug-likeness (QED) is 0.889. The summed E-state index contributed by atoms with van der Waals surface area (Å²) in [4.78, 5) is 11.9. The highest BCUT2D eigenvalue weighted by molar-refractivity contribution is 6.35. The molecule has 0 atom stereocenters. The number of rotatable bonds is 3. The minimum Gasteiger partial charge on any atom is -0.350 e. The molecular formula is C12H14Cl2N2O. The molecule has 17 heavy (non-hydrogen) atoms. The summed E-state index contributed by atoms with van der Waals surface area (Å²) >= 11 is 11.8. The van der Waals surface area contributed by atoms with Crippen molar-refractivity contribution in [3.63, 3.8) is 0 Å². The largest absolute Gasteiger partial charge is 0.350 e. The number of nitrogens with two attached hydrogens (primary N) is 1. The van der Waals surface area contributed by atoms with Gasteiger partial charge in [-0.3, -0.25) is 4.79 Å². The van der Waals surface area contributed by atoms with Gasteiger partial charge in [-0.1, -0.05) is 23.2 Å². The third-order valence-electron chi connectivity index (χ3n) is 3.12. The molecule has 1 aliphatic carbocycles. The molecule has 0 heterocycles. The van der Waals surface area contributed by atoms with Crippen LogP contribution in [0.2, 0.25) is 10.0 Å². The minimum atomic E-state index is -0.235. The standard InChI is InChI=1S/C12H14Cl2N2O/c13-8-2-3-10(14)9(6-8)11(17)16-7-12(15)4-1-5-12/h2-3,6H,1,4-5,7,15H2,(H,16,17). The number of benzene rings is 1. The second-order valence-corrected chi connectivity index (χ2v) is 5.37. The molecule has 0 saturated heterocycles. The van der Waals surface area contributed by atoms with E-state index in [1.165, 1.54) is 0 Å². The Morgan fingerprint density at radius 2 is 2.12 bits per heavy atom. The van der Waals surface area contributed by atoms with Crippen LogP contribution in [0.15, 0.2) is 18.2 Å². The fourth-order valence-corrected chi connectivity index (χ4v) is 2.21. The Balaban J connectivity index is 2.01. The first-order valence-corrected chi connectivity index (χ1v) is 6.28. The average Bonchev–Trinajstić information content (AvgIpc) is 2.26. The van der Waals surface area contributed by atoms with Crippen LogP contribution in [0.1, 0.15) is 29.6 Å². The first-order chi connectivity index (χ1) is 8.00. The number of halogens is 2. The fraction of sp³-hybridized carbons (Fsp3) is 0.417. The van der Waals surface area contributed by atoms with Crippen molar-refractivity contribution in [2.45, 2.75) is 24.8 Å². The SMILES string of the molecule is NC1(CNC(=O)c2cc(Cl)ccc2Cl)CCC1. The van der Waals surface area contributed by atoms with Crippen LogP contribution in [0.4, 0.5) is 0 Å². The zero-order chi connectivity index (χ0) is 12.5. The molecule has 2 rings (SSSR count). The lowest BCUT2D eigenvalue weighted by atomic mass is 9.78. The molecule has 0 aliphatic heterocycles. The lowest BCUT2D eigenvalue weighted by molar-refractivity contribution is 0.0930. The summed E-state index contributed by atoms with van der Waals surface area (Å²) in [6.45, 7) is 0.481. The van der Waals surface area contributed by atoms with Gasteiger partial charge in [0.25, 0.3) is 5.91 Å². The van der Waals surface area contributed by atoms with Crippen molar-refractivity contribution in [3.05, 3.63) is 33.8 Å². The molecule has 0 aromatic heterocycles. The Morgan fingerprint density at radius 1 is 1.41 bits per heavy atom. The first kappa shape index (κ1) is 12.7. The molecule has 5 heteroatoms. The molecule has 1 saturated carbocycles. The number of carbonyl (C=O) groups is 1. The molecule has 1 aromatic rings. The van der Waals surface area contributed by atoms with Crippen LogP contribution in [0.3, 0.4) is 0 Å². The molecule has 0 bridgehead atoms. The third kappa shape index (κ3) is 2.92. The van der Waals surface area contributed by atoms with Crippen LogP contribution in [0.5, 0.6) is 0 Å². The highest BCUT2D eigenvalue weighted by Crippen LogP contribution is 2.28. The first-order valence-electron chi connectivity index (χ1n) is 5.52. The topological polar surface area (TPSA) is 55.1 Å². The predicted octanol–water partition coefficient (Wildman–Crippen LogP) is 2.60. The highest BCUT2D eigenvalue weighted by atomic mass is 35.5. The molecule has 1 amide bonds. The van der Waals surface area contributed by atoms with E-state index in [-0.39, 0.29) is 11.4 Å². The van der Waals surface area contributed by atoms with E-state index in [1.54, 1.807) is 18.2 Å². The van der Waals surface area contributed by atoms with Crippen LogP contribution in [0.25, 0.3) is 0 Å². The van der Waals surface area contributed by atoms with E-state index in [1.807, 2.05) is 0 Å². The van der Waals surface area contributed by atoms with E-state index in [0.717, 1.165) is 19.3 Å². The van der Waals surface area contributed by atoms with Gasteiger partial charge in [-0.05, 0) is 37.5 Å². The van der Waals surface area contributed by atoms with Crippen molar-refractivity contribution in [1.82, 2.24) is 5.32 Å². The second kappa shape index (κ2) is 4.84. The molecule has 3 N–H and O–H groups in total. The predicted molar refractivity (Wildman–Crippen MR) is 69.6 cm³/mol. The van der Waals surface area contributed by atoms with Crippen LogP contribution < -0.4 is 11.1 Å². The Labute approximate surface area is 110 Å². The van der Waals surface area contributed by atoms with Crippen molar-refractivity contribution in [1.29, 1.82) is 0 Å². The van der Waals surface area contributed by atoms with Crippen molar-refractivity contribution < 1.29 is 4.79 Å². The number of nitrogens with one attached hydrogen (secondary N) is 1. The van der Waals surface area contributed by atoms with Gasteiger partial charge in [0.15, 0.2) is 0 Å². The summed E-state index contributed by atoms with van der Waals surface area (Å²) in [5, 5.41) is 3.69. The second-order valence-electron chi connectivity index (χ2n) is 4.52.